The molecule has 0 fully saturated rings. The van der Waals surface area contributed by atoms with Crippen LogP contribution in [0.3, 0.4) is 0 Å². The fourth-order valence-electron chi connectivity index (χ4n) is 1.41. The van der Waals surface area contributed by atoms with Crippen molar-refractivity contribution in [3.8, 4) is 0 Å². The summed E-state index contributed by atoms with van der Waals surface area (Å²) in [7, 11) is -3.48. The van der Waals surface area contributed by atoms with Crippen LogP contribution >= 0.6 is 12.2 Å². The molecule has 0 atom stereocenters. The summed E-state index contributed by atoms with van der Waals surface area (Å²) in [5.74, 6) is 0. The van der Waals surface area contributed by atoms with Gasteiger partial charge < -0.3 is 10.5 Å². The Hall–Kier alpha value is -1.02. The number of nitrogens with two attached hydrogens (primary N) is 1. The molecule has 19 heavy (non-hydrogen) atoms. The van der Waals surface area contributed by atoms with Crippen LogP contribution in [0.2, 0.25) is 0 Å². The lowest BCUT2D eigenvalue weighted by atomic mass is 10.2. The molecule has 1 rings (SSSR count). The molecule has 0 unspecified atom stereocenters. The van der Waals surface area contributed by atoms with Crippen LogP contribution < -0.4 is 10.5 Å². The molecule has 0 bridgehead atoms. The molecule has 1 aromatic carbocycles. The minimum atomic E-state index is -3.48. The molecule has 0 radical (unpaired) electrons. The smallest absolute Gasteiger partial charge is 0.240 e. The van der Waals surface area contributed by atoms with Crippen LogP contribution in [-0.2, 0) is 14.8 Å². The average Bonchev–Trinajstić information content (AvgIpc) is 2.38. The van der Waals surface area contributed by atoms with Crippen molar-refractivity contribution in [2.75, 3.05) is 19.8 Å². The summed E-state index contributed by atoms with van der Waals surface area (Å²) in [6.07, 6.45) is 0.637. The van der Waals surface area contributed by atoms with Crippen molar-refractivity contribution in [3.05, 3.63) is 29.8 Å². The standard InChI is InChI=1S/C12H18N2O3S2/c1-2-17-9-3-8-14-19(15,16)11-6-4-10(5-7-11)12(13)18/h4-7,14H,2-3,8-9H2,1H3,(H2,13,18). The summed E-state index contributed by atoms with van der Waals surface area (Å²) in [6, 6.07) is 6.16. The van der Waals surface area contributed by atoms with Gasteiger partial charge in [-0.2, -0.15) is 0 Å². The van der Waals surface area contributed by atoms with E-state index in [9.17, 15) is 8.42 Å². The maximum Gasteiger partial charge on any atom is 0.240 e. The van der Waals surface area contributed by atoms with Gasteiger partial charge in [-0.3, -0.25) is 0 Å². The van der Waals surface area contributed by atoms with E-state index in [1.807, 2.05) is 6.92 Å². The largest absolute Gasteiger partial charge is 0.389 e. The van der Waals surface area contributed by atoms with Gasteiger partial charge in [0, 0.05) is 25.3 Å². The monoisotopic (exact) mass is 302 g/mol. The van der Waals surface area contributed by atoms with E-state index in [0.29, 0.717) is 31.7 Å². The molecule has 0 aliphatic rings. The van der Waals surface area contributed by atoms with Gasteiger partial charge in [-0.1, -0.05) is 24.4 Å². The highest BCUT2D eigenvalue weighted by atomic mass is 32.2. The van der Waals surface area contributed by atoms with Crippen LogP contribution in [0.1, 0.15) is 18.9 Å². The first-order chi connectivity index (χ1) is 8.97. The Kier molecular flexibility index (Phi) is 6.36. The third kappa shape index (κ3) is 5.23. The van der Waals surface area contributed by atoms with E-state index < -0.39 is 10.0 Å². The second kappa shape index (κ2) is 7.54. The molecule has 106 valence electrons. The number of nitrogens with one attached hydrogen (secondary N) is 1. The minimum absolute atomic E-state index is 0.198. The Morgan fingerprint density at radius 3 is 2.53 bits per heavy atom. The molecule has 7 heteroatoms. The van der Waals surface area contributed by atoms with E-state index in [2.05, 4.69) is 4.72 Å². The normalized spacial score (nSPS) is 11.4. The Bertz CT molecular complexity index is 512. The molecular weight excluding hydrogens is 284 g/mol. The molecule has 0 heterocycles. The van der Waals surface area contributed by atoms with Gasteiger partial charge in [0.2, 0.25) is 10.0 Å². The van der Waals surface area contributed by atoms with Crippen molar-refractivity contribution < 1.29 is 13.2 Å². The Labute approximate surface area is 119 Å². The molecule has 0 aromatic heterocycles. The first kappa shape index (κ1) is 16.0. The number of rotatable bonds is 8. The molecule has 0 spiro atoms. The zero-order valence-corrected chi connectivity index (χ0v) is 12.4. The van der Waals surface area contributed by atoms with E-state index in [0.717, 1.165) is 0 Å². The summed E-state index contributed by atoms with van der Waals surface area (Å²) in [5.41, 5.74) is 6.10. The summed E-state index contributed by atoms with van der Waals surface area (Å²) in [6.45, 7) is 3.42. The third-order valence-electron chi connectivity index (χ3n) is 2.41. The van der Waals surface area contributed by atoms with Gasteiger partial charge in [-0.15, -0.1) is 0 Å². The number of hydrogen-bond acceptors (Lipinski definition) is 4. The predicted molar refractivity (Wildman–Crippen MR) is 78.6 cm³/mol. The SMILES string of the molecule is CCOCCCNS(=O)(=O)c1ccc(C(N)=S)cc1. The van der Waals surface area contributed by atoms with Crippen molar-refractivity contribution in [2.45, 2.75) is 18.2 Å². The van der Waals surface area contributed by atoms with Gasteiger partial charge in [0.15, 0.2) is 0 Å². The number of ether oxygens (including phenoxy) is 1. The number of thiocarbonyl (C=S) groups is 1. The summed E-state index contributed by atoms with van der Waals surface area (Å²) >= 11 is 4.81. The highest BCUT2D eigenvalue weighted by molar-refractivity contribution is 7.89. The molecule has 0 aliphatic carbocycles. The quantitative estimate of drug-likeness (QED) is 0.553. The number of benzene rings is 1. The van der Waals surface area contributed by atoms with Gasteiger partial charge in [0.25, 0.3) is 0 Å². The van der Waals surface area contributed by atoms with Gasteiger partial charge in [0.1, 0.15) is 4.99 Å². The first-order valence-electron chi connectivity index (χ1n) is 5.94. The molecule has 0 amide bonds. The lowest BCUT2D eigenvalue weighted by molar-refractivity contribution is 0.146. The van der Waals surface area contributed by atoms with Gasteiger partial charge in [0.05, 0.1) is 4.90 Å². The number of hydrogen-bond donors (Lipinski definition) is 2. The summed E-state index contributed by atoms with van der Waals surface area (Å²) in [4.78, 5) is 0.442. The molecule has 5 nitrogen and oxygen atoms in total. The highest BCUT2D eigenvalue weighted by Gasteiger charge is 2.13. The molecule has 0 saturated carbocycles. The lowest BCUT2D eigenvalue weighted by Crippen LogP contribution is -2.25. The second-order valence-electron chi connectivity index (χ2n) is 3.84. The van der Waals surface area contributed by atoms with Crippen LogP contribution in [0, 0.1) is 0 Å². The first-order valence-corrected chi connectivity index (χ1v) is 7.84. The Balaban J connectivity index is 2.59. The zero-order valence-electron chi connectivity index (χ0n) is 10.8. The van der Waals surface area contributed by atoms with E-state index >= 15 is 0 Å². The molecular formula is C12H18N2O3S2. The summed E-state index contributed by atoms with van der Waals surface area (Å²) < 4.78 is 31.5. The Morgan fingerprint density at radius 1 is 1.37 bits per heavy atom. The number of sulfonamides is 1. The maximum absolute atomic E-state index is 11.9. The van der Waals surface area contributed by atoms with Crippen molar-refractivity contribution in [1.29, 1.82) is 0 Å². The fraction of sp³-hybridized carbons (Fsp3) is 0.417. The van der Waals surface area contributed by atoms with Gasteiger partial charge in [-0.05, 0) is 25.5 Å². The van der Waals surface area contributed by atoms with E-state index in [1.165, 1.54) is 12.1 Å². The van der Waals surface area contributed by atoms with Crippen LogP contribution in [0.4, 0.5) is 0 Å². The predicted octanol–water partition coefficient (Wildman–Crippen LogP) is 1.03. The van der Waals surface area contributed by atoms with Gasteiger partial charge in [-0.25, -0.2) is 13.1 Å². The van der Waals surface area contributed by atoms with E-state index in [4.69, 9.17) is 22.7 Å². The minimum Gasteiger partial charge on any atom is -0.389 e. The van der Waals surface area contributed by atoms with Crippen molar-refractivity contribution in [2.24, 2.45) is 5.73 Å². The molecule has 0 saturated heterocycles. The third-order valence-corrected chi connectivity index (χ3v) is 4.12. The molecule has 1 aromatic rings. The van der Waals surface area contributed by atoms with E-state index in [1.54, 1.807) is 12.1 Å². The molecule has 0 aliphatic heterocycles. The van der Waals surface area contributed by atoms with Gasteiger partial charge >= 0.3 is 0 Å². The fourth-order valence-corrected chi connectivity index (χ4v) is 2.62. The second-order valence-corrected chi connectivity index (χ2v) is 6.04. The Morgan fingerprint density at radius 2 is 2.00 bits per heavy atom. The van der Waals surface area contributed by atoms with Crippen LogP contribution in [0.25, 0.3) is 0 Å². The highest BCUT2D eigenvalue weighted by Crippen LogP contribution is 2.10. The zero-order chi connectivity index (χ0) is 14.3. The van der Waals surface area contributed by atoms with E-state index in [-0.39, 0.29) is 9.88 Å². The topological polar surface area (TPSA) is 81.4 Å². The summed E-state index contributed by atoms with van der Waals surface area (Å²) in [5, 5.41) is 0. The maximum atomic E-state index is 11.9. The average molecular weight is 302 g/mol. The lowest BCUT2D eigenvalue weighted by Gasteiger charge is -2.07. The van der Waals surface area contributed by atoms with Crippen molar-refractivity contribution in [3.63, 3.8) is 0 Å². The van der Waals surface area contributed by atoms with Crippen LogP contribution in [0.15, 0.2) is 29.2 Å². The van der Waals surface area contributed by atoms with Crippen molar-refractivity contribution >= 4 is 27.2 Å². The van der Waals surface area contributed by atoms with Crippen LogP contribution in [-0.4, -0.2) is 33.2 Å². The molecule has 3 N–H and O–H groups in total. The van der Waals surface area contributed by atoms with Crippen LogP contribution in [0.5, 0.6) is 0 Å². The van der Waals surface area contributed by atoms with Crippen molar-refractivity contribution in [1.82, 2.24) is 4.72 Å².